The van der Waals surface area contributed by atoms with E-state index in [9.17, 15) is 4.79 Å². The van der Waals surface area contributed by atoms with Gasteiger partial charge in [-0.3, -0.25) is 9.69 Å². The van der Waals surface area contributed by atoms with Crippen LogP contribution in [-0.4, -0.2) is 35.0 Å². The minimum atomic E-state index is -0.00271. The topological polar surface area (TPSA) is 32.3 Å². The summed E-state index contributed by atoms with van der Waals surface area (Å²) < 4.78 is 0. The lowest BCUT2D eigenvalue weighted by molar-refractivity contribution is -0.161. The van der Waals surface area contributed by atoms with Crippen LogP contribution in [-0.2, 0) is 11.2 Å². The lowest BCUT2D eigenvalue weighted by Gasteiger charge is -2.67. The molecule has 130 valence electrons. The number of amides is 1. The van der Waals surface area contributed by atoms with Crippen molar-refractivity contribution in [2.45, 2.75) is 57.5 Å². The number of carbonyl (C=O) groups is 1. The zero-order chi connectivity index (χ0) is 16.9. The molecule has 1 aromatic rings. The Morgan fingerprint density at radius 2 is 1.71 bits per heavy atom. The van der Waals surface area contributed by atoms with Crippen LogP contribution < -0.4 is 5.32 Å². The van der Waals surface area contributed by atoms with Crippen molar-refractivity contribution in [3.63, 3.8) is 0 Å². The highest BCUT2D eigenvalue weighted by atomic mass is 16.1. The molecule has 3 aliphatic heterocycles. The number of benzene rings is 1. The van der Waals surface area contributed by atoms with Gasteiger partial charge in [0.2, 0.25) is 5.91 Å². The average Bonchev–Trinajstić information content (AvgIpc) is 2.52. The highest BCUT2D eigenvalue weighted by molar-refractivity contribution is 5.77. The molecular formula is C21H30N2O. The lowest BCUT2D eigenvalue weighted by Crippen LogP contribution is -2.75. The molecule has 2 unspecified atom stereocenters. The van der Waals surface area contributed by atoms with Gasteiger partial charge in [-0.05, 0) is 63.4 Å². The van der Waals surface area contributed by atoms with E-state index in [1.54, 1.807) is 0 Å². The van der Waals surface area contributed by atoms with Gasteiger partial charge in [-0.25, -0.2) is 0 Å². The molecule has 24 heavy (non-hydrogen) atoms. The molecule has 3 saturated heterocycles. The molecule has 1 saturated carbocycles. The quantitative estimate of drug-likeness (QED) is 0.921. The van der Waals surface area contributed by atoms with Crippen molar-refractivity contribution in [2.75, 3.05) is 13.1 Å². The monoisotopic (exact) mass is 326 g/mol. The zero-order valence-corrected chi connectivity index (χ0v) is 15.2. The smallest absolute Gasteiger partial charge is 0.220 e. The molecule has 5 rings (SSSR count). The highest BCUT2D eigenvalue weighted by Gasteiger charge is 2.60. The van der Waals surface area contributed by atoms with E-state index in [1.807, 2.05) is 18.2 Å². The molecule has 3 nitrogen and oxygen atoms in total. The maximum atomic E-state index is 12.6. The van der Waals surface area contributed by atoms with Crippen LogP contribution in [0.4, 0.5) is 0 Å². The van der Waals surface area contributed by atoms with E-state index in [0.717, 1.165) is 25.4 Å². The number of aryl methyl sites for hydroxylation is 1. The first-order valence-corrected chi connectivity index (χ1v) is 9.49. The molecule has 4 bridgehead atoms. The van der Waals surface area contributed by atoms with Gasteiger partial charge in [-0.15, -0.1) is 0 Å². The van der Waals surface area contributed by atoms with Crippen molar-refractivity contribution in [3.05, 3.63) is 35.9 Å². The number of rotatable bonds is 4. The van der Waals surface area contributed by atoms with Crippen molar-refractivity contribution in [2.24, 2.45) is 17.8 Å². The van der Waals surface area contributed by atoms with Gasteiger partial charge in [-0.2, -0.15) is 0 Å². The van der Waals surface area contributed by atoms with Gasteiger partial charge in [0.05, 0.1) is 0 Å². The molecule has 1 aliphatic carbocycles. The Labute approximate surface area is 145 Å². The Balaban J connectivity index is 1.41. The predicted molar refractivity (Wildman–Crippen MR) is 96.7 cm³/mol. The van der Waals surface area contributed by atoms with E-state index in [4.69, 9.17) is 0 Å². The standard InChI is InChI=1S/C21H30N2O/c1-20(2)16-11-17-13-23(20)14-18(12-16)21(17,3)22-19(24)10-9-15-7-5-4-6-8-15/h4-8,16-18H,9-14H2,1-3H3,(H,22,24). The summed E-state index contributed by atoms with van der Waals surface area (Å²) in [7, 11) is 0. The van der Waals surface area contributed by atoms with E-state index in [0.29, 0.717) is 23.8 Å². The number of carbonyl (C=O) groups excluding carboxylic acids is 1. The number of hydrogen-bond donors (Lipinski definition) is 1. The maximum Gasteiger partial charge on any atom is 0.220 e. The van der Waals surface area contributed by atoms with E-state index in [-0.39, 0.29) is 11.4 Å². The van der Waals surface area contributed by atoms with Crippen LogP contribution in [0.3, 0.4) is 0 Å². The van der Waals surface area contributed by atoms with Crippen LogP contribution in [0.25, 0.3) is 0 Å². The minimum Gasteiger partial charge on any atom is -0.350 e. The van der Waals surface area contributed by atoms with E-state index >= 15 is 0 Å². The first-order chi connectivity index (χ1) is 11.4. The van der Waals surface area contributed by atoms with Crippen molar-refractivity contribution in [1.82, 2.24) is 10.2 Å². The predicted octanol–water partition coefficient (Wildman–Crippen LogP) is 3.24. The average molecular weight is 326 g/mol. The van der Waals surface area contributed by atoms with E-state index in [1.165, 1.54) is 18.4 Å². The fourth-order valence-electron chi connectivity index (χ4n) is 5.52. The molecule has 0 aromatic heterocycles. The second-order valence-electron chi connectivity index (χ2n) is 8.94. The number of piperidine rings is 3. The second-order valence-corrected chi connectivity index (χ2v) is 8.94. The van der Waals surface area contributed by atoms with Gasteiger partial charge in [0.15, 0.2) is 0 Å². The first-order valence-electron chi connectivity index (χ1n) is 9.49. The zero-order valence-electron chi connectivity index (χ0n) is 15.2. The summed E-state index contributed by atoms with van der Waals surface area (Å²) in [4.78, 5) is 15.3. The second kappa shape index (κ2) is 5.59. The Morgan fingerprint density at radius 3 is 2.29 bits per heavy atom. The van der Waals surface area contributed by atoms with Gasteiger partial charge in [0.25, 0.3) is 0 Å². The maximum absolute atomic E-state index is 12.6. The summed E-state index contributed by atoms with van der Waals surface area (Å²) in [5, 5.41) is 3.47. The van der Waals surface area contributed by atoms with Crippen molar-refractivity contribution in [1.29, 1.82) is 0 Å². The van der Waals surface area contributed by atoms with Crippen LogP contribution in [0.5, 0.6) is 0 Å². The van der Waals surface area contributed by atoms with Gasteiger partial charge >= 0.3 is 0 Å². The normalized spacial score (nSPS) is 39.0. The Hall–Kier alpha value is -1.35. The third-order valence-corrected chi connectivity index (χ3v) is 7.42. The molecular weight excluding hydrogens is 296 g/mol. The summed E-state index contributed by atoms with van der Waals surface area (Å²) >= 11 is 0. The first kappa shape index (κ1) is 16.1. The fraction of sp³-hybridized carbons (Fsp3) is 0.667. The largest absolute Gasteiger partial charge is 0.350 e. The van der Waals surface area contributed by atoms with Gasteiger partial charge in [-0.1, -0.05) is 30.3 Å². The molecule has 4 fully saturated rings. The Kier molecular flexibility index (Phi) is 3.76. The molecule has 3 heteroatoms. The van der Waals surface area contributed by atoms with Crippen LogP contribution in [0.15, 0.2) is 30.3 Å². The van der Waals surface area contributed by atoms with Gasteiger partial charge in [0.1, 0.15) is 0 Å². The Morgan fingerprint density at radius 1 is 1.08 bits per heavy atom. The SMILES string of the molecule is CC1(NC(=O)CCc2ccccc2)C2CC3CC1CN(C2)C3(C)C. The molecule has 0 radical (unpaired) electrons. The van der Waals surface area contributed by atoms with E-state index in [2.05, 4.69) is 43.1 Å². The highest BCUT2D eigenvalue weighted by Crippen LogP contribution is 2.55. The summed E-state index contributed by atoms with van der Waals surface area (Å²) in [6, 6.07) is 10.3. The molecule has 1 aromatic carbocycles. The molecule has 1 N–H and O–H groups in total. The third kappa shape index (κ3) is 2.48. The summed E-state index contributed by atoms with van der Waals surface area (Å²) in [6.45, 7) is 9.43. The van der Waals surface area contributed by atoms with Crippen LogP contribution >= 0.6 is 0 Å². The number of hydrogen-bond acceptors (Lipinski definition) is 2. The number of nitrogens with one attached hydrogen (secondary N) is 1. The minimum absolute atomic E-state index is 0.00271. The van der Waals surface area contributed by atoms with Gasteiger partial charge < -0.3 is 5.32 Å². The lowest BCUT2D eigenvalue weighted by atomic mass is 9.53. The van der Waals surface area contributed by atoms with Crippen LogP contribution in [0.2, 0.25) is 0 Å². The molecule has 4 aliphatic rings. The molecule has 3 heterocycles. The molecule has 1 amide bonds. The third-order valence-electron chi connectivity index (χ3n) is 7.42. The van der Waals surface area contributed by atoms with Gasteiger partial charge in [0, 0.05) is 30.6 Å². The Bertz CT molecular complexity index is 590. The summed E-state index contributed by atoms with van der Waals surface area (Å²) in [5.74, 6) is 2.25. The van der Waals surface area contributed by atoms with E-state index < -0.39 is 0 Å². The summed E-state index contributed by atoms with van der Waals surface area (Å²) in [5.41, 5.74) is 1.60. The van der Waals surface area contributed by atoms with Crippen molar-refractivity contribution in [3.8, 4) is 0 Å². The summed E-state index contributed by atoms with van der Waals surface area (Å²) in [6.07, 6.45) is 3.97. The fourth-order valence-corrected chi connectivity index (χ4v) is 5.52. The molecule has 2 atom stereocenters. The number of nitrogens with zero attached hydrogens (tertiary/aromatic N) is 1. The van der Waals surface area contributed by atoms with Crippen molar-refractivity contribution >= 4 is 5.91 Å². The van der Waals surface area contributed by atoms with Crippen LogP contribution in [0, 0.1) is 17.8 Å². The molecule has 0 spiro atoms. The van der Waals surface area contributed by atoms with Crippen LogP contribution in [0.1, 0.15) is 45.6 Å². The van der Waals surface area contributed by atoms with Crippen molar-refractivity contribution < 1.29 is 4.79 Å².